The molecule has 3 aromatic rings. The van der Waals surface area contributed by atoms with Crippen molar-refractivity contribution in [3.8, 4) is 0 Å². The molecular weight excluding hydrogens is 276 g/mol. The molecule has 6 nitrogen and oxygen atoms in total. The second kappa shape index (κ2) is 6.43. The predicted octanol–water partition coefficient (Wildman–Crippen LogP) is 2.87. The minimum absolute atomic E-state index is 0.613. The molecule has 0 amide bonds. The fourth-order valence-corrected chi connectivity index (χ4v) is 2.26. The Kier molecular flexibility index (Phi) is 4.18. The van der Waals surface area contributed by atoms with E-state index >= 15 is 0 Å². The number of aryl methyl sites for hydroxylation is 1. The van der Waals surface area contributed by atoms with Gasteiger partial charge in [-0.1, -0.05) is 19.1 Å². The van der Waals surface area contributed by atoms with Gasteiger partial charge < -0.3 is 10.6 Å². The van der Waals surface area contributed by atoms with E-state index in [0.29, 0.717) is 5.78 Å². The highest BCUT2D eigenvalue weighted by molar-refractivity contribution is 5.47. The zero-order valence-corrected chi connectivity index (χ0v) is 12.9. The summed E-state index contributed by atoms with van der Waals surface area (Å²) in [4.78, 5) is 8.46. The molecule has 0 unspecified atom stereocenters. The van der Waals surface area contributed by atoms with Crippen LogP contribution in [0.5, 0.6) is 0 Å². The van der Waals surface area contributed by atoms with Crippen LogP contribution in [0.4, 0.5) is 11.5 Å². The molecule has 0 aliphatic carbocycles. The Balaban J connectivity index is 1.70. The molecule has 0 saturated heterocycles. The van der Waals surface area contributed by atoms with Gasteiger partial charge in [-0.3, -0.25) is 0 Å². The zero-order chi connectivity index (χ0) is 15.4. The minimum atomic E-state index is 0.613. The van der Waals surface area contributed by atoms with Gasteiger partial charge in [0.05, 0.1) is 0 Å². The van der Waals surface area contributed by atoms with E-state index in [9.17, 15) is 0 Å². The first-order valence-electron chi connectivity index (χ1n) is 7.50. The van der Waals surface area contributed by atoms with Gasteiger partial charge in [-0.25, -0.2) is 4.98 Å². The maximum atomic E-state index is 4.33. The first kappa shape index (κ1) is 14.3. The Bertz CT molecular complexity index is 747. The molecular formula is C16H20N6. The molecule has 0 fully saturated rings. The van der Waals surface area contributed by atoms with Gasteiger partial charge in [-0.05, 0) is 31.0 Å². The summed E-state index contributed by atoms with van der Waals surface area (Å²) in [6.07, 6.45) is 2.64. The van der Waals surface area contributed by atoms with Crippen molar-refractivity contribution in [2.45, 2.75) is 26.8 Å². The van der Waals surface area contributed by atoms with Gasteiger partial charge in [0.25, 0.3) is 5.78 Å². The summed E-state index contributed by atoms with van der Waals surface area (Å²) < 4.78 is 1.71. The Hall–Kier alpha value is -2.63. The summed E-state index contributed by atoms with van der Waals surface area (Å²) in [7, 11) is 0. The second-order valence-corrected chi connectivity index (χ2v) is 5.23. The van der Waals surface area contributed by atoms with Crippen LogP contribution in [0.3, 0.4) is 0 Å². The van der Waals surface area contributed by atoms with Crippen LogP contribution in [0.1, 0.15) is 24.6 Å². The molecule has 6 heteroatoms. The first-order valence-corrected chi connectivity index (χ1v) is 7.50. The van der Waals surface area contributed by atoms with E-state index in [0.717, 1.165) is 36.7 Å². The van der Waals surface area contributed by atoms with Gasteiger partial charge in [-0.15, -0.1) is 0 Å². The quantitative estimate of drug-likeness (QED) is 0.732. The summed E-state index contributed by atoms with van der Waals surface area (Å²) in [5, 5.41) is 11.0. The molecule has 3 rings (SSSR count). The summed E-state index contributed by atoms with van der Waals surface area (Å²) in [5.41, 5.74) is 3.29. The maximum Gasteiger partial charge on any atom is 0.254 e. The molecule has 114 valence electrons. The summed E-state index contributed by atoms with van der Waals surface area (Å²) in [6.45, 7) is 5.84. The maximum absolute atomic E-state index is 4.33. The number of nitrogens with one attached hydrogen (secondary N) is 2. The third kappa shape index (κ3) is 3.16. The molecule has 0 spiro atoms. The normalized spacial score (nSPS) is 10.8. The van der Waals surface area contributed by atoms with Gasteiger partial charge in [0.1, 0.15) is 12.1 Å². The summed E-state index contributed by atoms with van der Waals surface area (Å²) >= 11 is 0. The number of benzene rings is 1. The summed E-state index contributed by atoms with van der Waals surface area (Å²) in [5.74, 6) is 1.51. The number of aromatic nitrogens is 4. The molecule has 0 radical (unpaired) electrons. The van der Waals surface area contributed by atoms with E-state index in [1.54, 1.807) is 4.52 Å². The predicted molar refractivity (Wildman–Crippen MR) is 88.1 cm³/mol. The molecule has 0 saturated carbocycles. The Morgan fingerprint density at radius 2 is 1.95 bits per heavy atom. The van der Waals surface area contributed by atoms with Gasteiger partial charge in [-0.2, -0.15) is 14.6 Å². The molecule has 0 atom stereocenters. The van der Waals surface area contributed by atoms with Crippen molar-refractivity contribution in [2.75, 3.05) is 17.2 Å². The zero-order valence-electron chi connectivity index (χ0n) is 12.9. The monoisotopic (exact) mass is 296 g/mol. The van der Waals surface area contributed by atoms with Crippen molar-refractivity contribution in [1.29, 1.82) is 0 Å². The van der Waals surface area contributed by atoms with Crippen LogP contribution in [0.2, 0.25) is 0 Å². The molecule has 2 aromatic heterocycles. The van der Waals surface area contributed by atoms with Crippen LogP contribution >= 0.6 is 0 Å². The standard InChI is InChI=1S/C16H20N6/c1-3-8-17-14-6-4-13(5-7-14)10-18-15-9-12(2)21-16-19-11-20-22(15)16/h4-7,9,11,17-18H,3,8,10H2,1-2H3. The van der Waals surface area contributed by atoms with Crippen LogP contribution in [0, 0.1) is 6.92 Å². The van der Waals surface area contributed by atoms with Gasteiger partial charge in [0.2, 0.25) is 0 Å². The smallest absolute Gasteiger partial charge is 0.254 e. The molecule has 2 N–H and O–H groups in total. The van der Waals surface area contributed by atoms with E-state index in [2.05, 4.69) is 56.9 Å². The molecule has 0 aliphatic heterocycles. The number of rotatable bonds is 6. The molecule has 0 bridgehead atoms. The van der Waals surface area contributed by atoms with Crippen LogP contribution < -0.4 is 10.6 Å². The van der Waals surface area contributed by atoms with Crippen LogP contribution in [-0.2, 0) is 6.54 Å². The van der Waals surface area contributed by atoms with E-state index in [1.807, 2.05) is 13.0 Å². The van der Waals surface area contributed by atoms with Crippen LogP contribution in [0.25, 0.3) is 5.78 Å². The second-order valence-electron chi connectivity index (χ2n) is 5.23. The lowest BCUT2D eigenvalue weighted by Crippen LogP contribution is -2.07. The molecule has 1 aromatic carbocycles. The average molecular weight is 296 g/mol. The van der Waals surface area contributed by atoms with Crippen molar-refractivity contribution >= 4 is 17.3 Å². The van der Waals surface area contributed by atoms with Gasteiger partial charge >= 0.3 is 0 Å². The lowest BCUT2D eigenvalue weighted by molar-refractivity contribution is 0.916. The number of hydrogen-bond donors (Lipinski definition) is 2. The number of nitrogens with zero attached hydrogens (tertiary/aromatic N) is 4. The largest absolute Gasteiger partial charge is 0.385 e. The highest BCUT2D eigenvalue weighted by Gasteiger charge is 2.05. The van der Waals surface area contributed by atoms with Crippen molar-refractivity contribution < 1.29 is 0 Å². The van der Waals surface area contributed by atoms with E-state index in [-0.39, 0.29) is 0 Å². The van der Waals surface area contributed by atoms with E-state index in [4.69, 9.17) is 0 Å². The highest BCUT2D eigenvalue weighted by Crippen LogP contribution is 2.14. The lowest BCUT2D eigenvalue weighted by Gasteiger charge is -2.10. The van der Waals surface area contributed by atoms with Gasteiger partial charge in [0, 0.05) is 30.5 Å². The third-order valence-electron chi connectivity index (χ3n) is 3.39. The van der Waals surface area contributed by atoms with Crippen molar-refractivity contribution in [3.05, 3.63) is 47.9 Å². The number of anilines is 2. The molecule has 2 heterocycles. The Morgan fingerprint density at radius 1 is 1.14 bits per heavy atom. The molecule has 0 aliphatic rings. The topological polar surface area (TPSA) is 67.1 Å². The van der Waals surface area contributed by atoms with Gasteiger partial charge in [0.15, 0.2) is 0 Å². The Labute approximate surface area is 129 Å². The lowest BCUT2D eigenvalue weighted by atomic mass is 10.2. The number of fused-ring (bicyclic) bond motifs is 1. The molecule has 22 heavy (non-hydrogen) atoms. The first-order chi connectivity index (χ1) is 10.8. The fraction of sp³-hybridized carbons (Fsp3) is 0.312. The van der Waals surface area contributed by atoms with Crippen molar-refractivity contribution in [2.24, 2.45) is 0 Å². The third-order valence-corrected chi connectivity index (χ3v) is 3.39. The van der Waals surface area contributed by atoms with Crippen LogP contribution in [0.15, 0.2) is 36.7 Å². The SMILES string of the molecule is CCCNc1ccc(CNc2cc(C)nc3ncnn23)cc1. The van der Waals surface area contributed by atoms with Crippen LogP contribution in [-0.4, -0.2) is 26.1 Å². The summed E-state index contributed by atoms with van der Waals surface area (Å²) in [6, 6.07) is 10.4. The fourth-order valence-electron chi connectivity index (χ4n) is 2.26. The number of hydrogen-bond acceptors (Lipinski definition) is 5. The van der Waals surface area contributed by atoms with Crippen molar-refractivity contribution in [1.82, 2.24) is 19.6 Å². The van der Waals surface area contributed by atoms with E-state index < -0.39 is 0 Å². The minimum Gasteiger partial charge on any atom is -0.385 e. The average Bonchev–Trinajstić information content (AvgIpc) is 3.00. The highest BCUT2D eigenvalue weighted by atomic mass is 15.3. The Morgan fingerprint density at radius 3 is 2.73 bits per heavy atom. The van der Waals surface area contributed by atoms with E-state index in [1.165, 1.54) is 11.9 Å². The van der Waals surface area contributed by atoms with Crippen molar-refractivity contribution in [3.63, 3.8) is 0 Å².